The summed E-state index contributed by atoms with van der Waals surface area (Å²) >= 11 is 0. The van der Waals surface area contributed by atoms with Gasteiger partial charge < -0.3 is 14.8 Å². The highest BCUT2D eigenvalue weighted by atomic mass is 19.1. The minimum atomic E-state index is -0.853. The zero-order chi connectivity index (χ0) is 18.2. The first-order valence-electron chi connectivity index (χ1n) is 7.84. The molecule has 0 spiro atoms. The minimum absolute atomic E-state index is 0.308. The zero-order valence-corrected chi connectivity index (χ0v) is 14.1. The fourth-order valence-corrected chi connectivity index (χ4v) is 2.25. The SMILES string of the molecule is COC(=O)[C@H](Cc1ccccc1)NC(=O)[C@@H](C)Oc1ccc(F)cc1. The van der Waals surface area contributed by atoms with E-state index in [4.69, 9.17) is 9.47 Å². The monoisotopic (exact) mass is 345 g/mol. The van der Waals surface area contributed by atoms with E-state index in [2.05, 4.69) is 5.32 Å². The van der Waals surface area contributed by atoms with Crippen LogP contribution in [0.25, 0.3) is 0 Å². The van der Waals surface area contributed by atoms with Crippen molar-refractivity contribution in [2.45, 2.75) is 25.5 Å². The summed E-state index contributed by atoms with van der Waals surface area (Å²) in [4.78, 5) is 24.3. The lowest BCUT2D eigenvalue weighted by Crippen LogP contribution is -2.47. The van der Waals surface area contributed by atoms with Gasteiger partial charge in [-0.1, -0.05) is 30.3 Å². The average Bonchev–Trinajstić information content (AvgIpc) is 2.63. The van der Waals surface area contributed by atoms with Gasteiger partial charge in [0, 0.05) is 6.42 Å². The number of hydrogen-bond acceptors (Lipinski definition) is 4. The molecule has 0 radical (unpaired) electrons. The molecule has 5 nitrogen and oxygen atoms in total. The van der Waals surface area contributed by atoms with Crippen molar-refractivity contribution in [1.82, 2.24) is 5.32 Å². The van der Waals surface area contributed by atoms with Crippen LogP contribution in [-0.4, -0.2) is 31.1 Å². The number of hydrogen-bond donors (Lipinski definition) is 1. The molecule has 2 aromatic carbocycles. The van der Waals surface area contributed by atoms with Crippen molar-refractivity contribution < 1.29 is 23.5 Å². The first-order valence-corrected chi connectivity index (χ1v) is 7.84. The summed E-state index contributed by atoms with van der Waals surface area (Å²) in [5.41, 5.74) is 0.894. The lowest BCUT2D eigenvalue weighted by molar-refractivity contribution is -0.145. The Morgan fingerprint density at radius 3 is 2.32 bits per heavy atom. The van der Waals surface area contributed by atoms with Gasteiger partial charge in [0.15, 0.2) is 6.10 Å². The van der Waals surface area contributed by atoms with E-state index >= 15 is 0 Å². The van der Waals surface area contributed by atoms with Gasteiger partial charge >= 0.3 is 5.97 Å². The number of rotatable bonds is 7. The maximum Gasteiger partial charge on any atom is 0.328 e. The van der Waals surface area contributed by atoms with E-state index in [0.717, 1.165) is 5.56 Å². The van der Waals surface area contributed by atoms with Crippen LogP contribution in [0.2, 0.25) is 0 Å². The molecule has 0 heterocycles. The quantitative estimate of drug-likeness (QED) is 0.783. The van der Waals surface area contributed by atoms with E-state index in [-0.39, 0.29) is 0 Å². The van der Waals surface area contributed by atoms with Gasteiger partial charge in [-0.2, -0.15) is 0 Å². The summed E-state index contributed by atoms with van der Waals surface area (Å²) in [5.74, 6) is -1.03. The Balaban J connectivity index is 2.00. The largest absolute Gasteiger partial charge is 0.481 e. The van der Waals surface area contributed by atoms with Crippen LogP contribution in [0.4, 0.5) is 4.39 Å². The molecule has 0 bridgehead atoms. The van der Waals surface area contributed by atoms with Crippen LogP contribution < -0.4 is 10.1 Å². The summed E-state index contributed by atoms with van der Waals surface area (Å²) in [6.45, 7) is 1.55. The maximum atomic E-state index is 12.9. The third-order valence-electron chi connectivity index (χ3n) is 3.58. The maximum absolute atomic E-state index is 12.9. The van der Waals surface area contributed by atoms with Gasteiger partial charge in [-0.15, -0.1) is 0 Å². The van der Waals surface area contributed by atoms with Crippen molar-refractivity contribution in [1.29, 1.82) is 0 Å². The summed E-state index contributed by atoms with van der Waals surface area (Å²) in [5, 5.41) is 2.64. The van der Waals surface area contributed by atoms with Gasteiger partial charge in [0.25, 0.3) is 5.91 Å². The number of benzene rings is 2. The minimum Gasteiger partial charge on any atom is -0.481 e. The van der Waals surface area contributed by atoms with Crippen LogP contribution in [-0.2, 0) is 20.7 Å². The van der Waals surface area contributed by atoms with E-state index in [1.54, 1.807) is 6.92 Å². The number of carbonyl (C=O) groups is 2. The fraction of sp³-hybridized carbons (Fsp3) is 0.263. The average molecular weight is 345 g/mol. The topological polar surface area (TPSA) is 64.6 Å². The molecule has 0 aliphatic carbocycles. The van der Waals surface area contributed by atoms with Gasteiger partial charge in [0.2, 0.25) is 0 Å². The van der Waals surface area contributed by atoms with Crippen molar-refractivity contribution in [3.63, 3.8) is 0 Å². The number of ether oxygens (including phenoxy) is 2. The molecule has 1 amide bonds. The smallest absolute Gasteiger partial charge is 0.328 e. The molecule has 2 atom stereocenters. The molecular formula is C19H20FNO4. The normalized spacial score (nSPS) is 12.8. The third kappa shape index (κ3) is 5.60. The van der Waals surface area contributed by atoms with Crippen LogP contribution in [0.1, 0.15) is 12.5 Å². The first-order chi connectivity index (χ1) is 12.0. The third-order valence-corrected chi connectivity index (χ3v) is 3.58. The number of nitrogens with one attached hydrogen (secondary N) is 1. The summed E-state index contributed by atoms with van der Waals surface area (Å²) in [6.07, 6.45) is -0.545. The number of carbonyl (C=O) groups excluding carboxylic acids is 2. The van der Waals surface area contributed by atoms with Crippen molar-refractivity contribution in [3.8, 4) is 5.75 Å². The second-order valence-corrected chi connectivity index (χ2v) is 5.49. The molecule has 25 heavy (non-hydrogen) atoms. The van der Waals surface area contributed by atoms with Gasteiger partial charge in [-0.3, -0.25) is 4.79 Å². The molecule has 0 aromatic heterocycles. The number of esters is 1. The van der Waals surface area contributed by atoms with E-state index < -0.39 is 29.8 Å². The van der Waals surface area contributed by atoms with E-state index in [1.165, 1.54) is 31.4 Å². The molecule has 132 valence electrons. The molecule has 0 aliphatic heterocycles. The van der Waals surface area contributed by atoms with Crippen LogP contribution >= 0.6 is 0 Å². The summed E-state index contributed by atoms with van der Waals surface area (Å²) in [6, 6.07) is 13.8. The van der Waals surface area contributed by atoms with Crippen molar-refractivity contribution >= 4 is 11.9 Å². The Hall–Kier alpha value is -2.89. The number of halogens is 1. The van der Waals surface area contributed by atoms with Crippen molar-refractivity contribution in [3.05, 3.63) is 66.0 Å². The van der Waals surface area contributed by atoms with Crippen LogP contribution in [0.3, 0.4) is 0 Å². The first kappa shape index (κ1) is 18.4. The Morgan fingerprint density at radius 2 is 1.72 bits per heavy atom. The summed E-state index contributed by atoms with van der Waals surface area (Å²) in [7, 11) is 1.27. The molecule has 2 rings (SSSR count). The van der Waals surface area contributed by atoms with Crippen LogP contribution in [0.15, 0.2) is 54.6 Å². The van der Waals surface area contributed by atoms with Crippen molar-refractivity contribution in [2.75, 3.05) is 7.11 Å². The number of amides is 1. The molecule has 0 saturated carbocycles. The lowest BCUT2D eigenvalue weighted by atomic mass is 10.1. The van der Waals surface area contributed by atoms with Gasteiger partial charge in [0.05, 0.1) is 7.11 Å². The molecule has 0 fully saturated rings. The predicted molar refractivity (Wildman–Crippen MR) is 90.6 cm³/mol. The van der Waals surface area contributed by atoms with Gasteiger partial charge in [-0.25, -0.2) is 9.18 Å². The molecule has 6 heteroatoms. The highest BCUT2D eigenvalue weighted by Crippen LogP contribution is 2.13. The molecule has 0 saturated heterocycles. The zero-order valence-electron chi connectivity index (χ0n) is 14.1. The fourth-order valence-electron chi connectivity index (χ4n) is 2.25. The molecule has 1 N–H and O–H groups in total. The van der Waals surface area contributed by atoms with Crippen LogP contribution in [0.5, 0.6) is 5.75 Å². The Morgan fingerprint density at radius 1 is 1.08 bits per heavy atom. The summed E-state index contributed by atoms with van der Waals surface area (Å²) < 4.78 is 23.1. The Kier molecular flexibility index (Phi) is 6.51. The van der Waals surface area contributed by atoms with E-state index in [0.29, 0.717) is 12.2 Å². The number of methoxy groups -OCH3 is 1. The highest BCUT2D eigenvalue weighted by Gasteiger charge is 2.25. The standard InChI is InChI=1S/C19H20FNO4/c1-13(25-16-10-8-15(20)9-11-16)18(22)21-17(19(23)24-2)12-14-6-4-3-5-7-14/h3-11,13,17H,12H2,1-2H3,(H,21,22)/t13-,17+/m1/s1. The van der Waals surface area contributed by atoms with E-state index in [1.807, 2.05) is 30.3 Å². The molecular weight excluding hydrogens is 325 g/mol. The second-order valence-electron chi connectivity index (χ2n) is 5.49. The predicted octanol–water partition coefficient (Wildman–Crippen LogP) is 2.49. The van der Waals surface area contributed by atoms with Gasteiger partial charge in [0.1, 0.15) is 17.6 Å². The van der Waals surface area contributed by atoms with Crippen LogP contribution in [0, 0.1) is 5.82 Å². The Bertz CT molecular complexity index is 703. The van der Waals surface area contributed by atoms with Gasteiger partial charge in [-0.05, 0) is 36.8 Å². The highest BCUT2D eigenvalue weighted by molar-refractivity contribution is 5.87. The molecule has 0 aliphatic rings. The van der Waals surface area contributed by atoms with Crippen molar-refractivity contribution in [2.24, 2.45) is 0 Å². The van der Waals surface area contributed by atoms with E-state index in [9.17, 15) is 14.0 Å². The molecule has 2 aromatic rings. The second kappa shape index (κ2) is 8.82. The molecule has 0 unspecified atom stereocenters. The lowest BCUT2D eigenvalue weighted by Gasteiger charge is -2.20. The Labute approximate surface area is 145 Å².